The average molecular weight is 379 g/mol. The third-order valence-corrected chi connectivity index (χ3v) is 4.54. The predicted molar refractivity (Wildman–Crippen MR) is 98.0 cm³/mol. The number of Topliss-reactive ketones (excluding diaryl/α,β-unsaturated/α-hetero) is 1. The molecule has 7 heteroatoms. The van der Waals surface area contributed by atoms with E-state index in [1.165, 1.54) is 11.8 Å². The van der Waals surface area contributed by atoms with Gasteiger partial charge in [-0.1, -0.05) is 11.6 Å². The van der Waals surface area contributed by atoms with Gasteiger partial charge in [0.05, 0.1) is 0 Å². The highest BCUT2D eigenvalue weighted by molar-refractivity contribution is 6.30. The van der Waals surface area contributed by atoms with Gasteiger partial charge in [-0.15, -0.1) is 0 Å². The van der Waals surface area contributed by atoms with Gasteiger partial charge in [0.25, 0.3) is 0 Å². The van der Waals surface area contributed by atoms with Crippen LogP contribution in [-0.2, 0) is 20.8 Å². The van der Waals surface area contributed by atoms with Crippen molar-refractivity contribution in [3.8, 4) is 0 Å². The highest BCUT2D eigenvalue weighted by Gasteiger charge is 2.23. The fourth-order valence-electron chi connectivity index (χ4n) is 2.98. The third-order valence-electron chi connectivity index (χ3n) is 4.30. The second kappa shape index (κ2) is 9.48. The summed E-state index contributed by atoms with van der Waals surface area (Å²) in [6.45, 7) is 2.05. The maximum Gasteiger partial charge on any atom is 0.229 e. The van der Waals surface area contributed by atoms with Gasteiger partial charge in [-0.05, 0) is 43.0 Å². The molecule has 26 heavy (non-hydrogen) atoms. The first-order valence-electron chi connectivity index (χ1n) is 8.77. The van der Waals surface area contributed by atoms with E-state index in [2.05, 4.69) is 5.32 Å². The Hall–Kier alpha value is -2.21. The first-order chi connectivity index (χ1) is 12.4. The van der Waals surface area contributed by atoms with E-state index in [4.69, 9.17) is 11.6 Å². The zero-order valence-corrected chi connectivity index (χ0v) is 15.6. The molecule has 0 fully saturated rings. The van der Waals surface area contributed by atoms with Crippen LogP contribution in [0.15, 0.2) is 18.2 Å². The molecular formula is C19H23ClN2O4. The van der Waals surface area contributed by atoms with Gasteiger partial charge >= 0.3 is 0 Å². The average Bonchev–Trinajstić information content (AvgIpc) is 2.59. The Kier molecular flexibility index (Phi) is 7.33. The van der Waals surface area contributed by atoms with Crippen LogP contribution in [0.3, 0.4) is 0 Å². The van der Waals surface area contributed by atoms with Crippen molar-refractivity contribution < 1.29 is 19.2 Å². The van der Waals surface area contributed by atoms with E-state index in [0.717, 1.165) is 5.56 Å². The maximum atomic E-state index is 12.5. The number of carbonyl (C=O) groups excluding carboxylic acids is 4. The Labute approximate surface area is 157 Å². The summed E-state index contributed by atoms with van der Waals surface area (Å²) >= 11 is 6.01. The van der Waals surface area contributed by atoms with Gasteiger partial charge in [-0.25, -0.2) is 0 Å². The van der Waals surface area contributed by atoms with Gasteiger partial charge < -0.3 is 5.32 Å². The molecule has 0 saturated heterocycles. The van der Waals surface area contributed by atoms with Crippen LogP contribution in [0.4, 0.5) is 0 Å². The van der Waals surface area contributed by atoms with Crippen molar-refractivity contribution in [2.45, 2.75) is 45.4 Å². The van der Waals surface area contributed by atoms with Crippen LogP contribution in [0.25, 0.3) is 0 Å². The molecule has 2 rings (SSSR count). The standard InChI is InChI=1S/C19H23ClN2O4/c1-13(23)21-10-2-5-18(25)22-11-3-4-17(24)16-8-7-15(20)12-14(16)6-9-19(22)26/h7-8,12H,2-6,9-11H2,1H3,(H,21,23). The minimum Gasteiger partial charge on any atom is -0.356 e. The summed E-state index contributed by atoms with van der Waals surface area (Å²) in [5, 5.41) is 3.15. The molecule has 0 aliphatic carbocycles. The molecule has 1 aromatic carbocycles. The van der Waals surface area contributed by atoms with Crippen LogP contribution < -0.4 is 5.32 Å². The molecule has 1 N–H and O–H groups in total. The van der Waals surface area contributed by atoms with E-state index in [0.29, 0.717) is 36.4 Å². The number of hydrogen-bond acceptors (Lipinski definition) is 4. The Bertz CT molecular complexity index is 717. The van der Waals surface area contributed by atoms with Gasteiger partial charge in [-0.2, -0.15) is 0 Å². The number of fused-ring (bicyclic) bond motifs is 1. The number of hydrogen-bond donors (Lipinski definition) is 1. The van der Waals surface area contributed by atoms with Crippen LogP contribution >= 0.6 is 11.6 Å². The highest BCUT2D eigenvalue weighted by Crippen LogP contribution is 2.21. The molecule has 6 nitrogen and oxygen atoms in total. The molecule has 1 aromatic rings. The SMILES string of the molecule is CC(=O)NCCCC(=O)N1CCCC(=O)c2ccc(Cl)cc2CCC1=O. The number of nitrogens with zero attached hydrogens (tertiary/aromatic N) is 1. The van der Waals surface area contributed by atoms with Gasteiger partial charge in [0.1, 0.15) is 0 Å². The van der Waals surface area contributed by atoms with Crippen LogP contribution in [0.1, 0.15) is 54.9 Å². The molecule has 3 amide bonds. The molecule has 0 saturated carbocycles. The molecular weight excluding hydrogens is 356 g/mol. The molecule has 1 aliphatic heterocycles. The number of amides is 3. The monoisotopic (exact) mass is 378 g/mol. The minimum atomic E-state index is -0.264. The summed E-state index contributed by atoms with van der Waals surface area (Å²) < 4.78 is 0. The van der Waals surface area contributed by atoms with Crippen LogP contribution in [0.2, 0.25) is 5.02 Å². The zero-order valence-electron chi connectivity index (χ0n) is 14.8. The lowest BCUT2D eigenvalue weighted by atomic mass is 9.96. The summed E-state index contributed by atoms with van der Waals surface area (Å²) in [6, 6.07) is 5.09. The van der Waals surface area contributed by atoms with Crippen molar-refractivity contribution in [2.75, 3.05) is 13.1 Å². The minimum absolute atomic E-state index is 0.00377. The van der Waals surface area contributed by atoms with E-state index in [-0.39, 0.29) is 49.3 Å². The number of benzene rings is 1. The second-order valence-electron chi connectivity index (χ2n) is 6.35. The lowest BCUT2D eigenvalue weighted by Crippen LogP contribution is -2.38. The van der Waals surface area contributed by atoms with E-state index in [1.807, 2.05) is 0 Å². The van der Waals surface area contributed by atoms with Crippen molar-refractivity contribution in [2.24, 2.45) is 0 Å². The Morgan fingerprint density at radius 1 is 1.19 bits per heavy atom. The van der Waals surface area contributed by atoms with Crippen LogP contribution in [0, 0.1) is 0 Å². The van der Waals surface area contributed by atoms with Crippen molar-refractivity contribution in [3.63, 3.8) is 0 Å². The number of aryl methyl sites for hydroxylation is 1. The number of ketones is 1. The lowest BCUT2D eigenvalue weighted by molar-refractivity contribution is -0.145. The Morgan fingerprint density at radius 3 is 2.69 bits per heavy atom. The van der Waals surface area contributed by atoms with E-state index < -0.39 is 0 Å². The summed E-state index contributed by atoms with van der Waals surface area (Å²) in [5.41, 5.74) is 1.35. The summed E-state index contributed by atoms with van der Waals surface area (Å²) in [5.74, 6) is -0.651. The largest absolute Gasteiger partial charge is 0.356 e. The normalized spacial score (nSPS) is 15.4. The van der Waals surface area contributed by atoms with Gasteiger partial charge in [0.2, 0.25) is 17.7 Å². The highest BCUT2D eigenvalue weighted by atomic mass is 35.5. The molecule has 0 aromatic heterocycles. The van der Waals surface area contributed by atoms with E-state index in [1.54, 1.807) is 18.2 Å². The van der Waals surface area contributed by atoms with Gasteiger partial charge in [0.15, 0.2) is 5.78 Å². The Morgan fingerprint density at radius 2 is 1.96 bits per heavy atom. The Balaban J connectivity index is 2.04. The van der Waals surface area contributed by atoms with E-state index in [9.17, 15) is 19.2 Å². The maximum absolute atomic E-state index is 12.5. The van der Waals surface area contributed by atoms with Crippen LogP contribution in [-0.4, -0.2) is 41.5 Å². The number of carbonyl (C=O) groups is 4. The van der Waals surface area contributed by atoms with Gasteiger partial charge in [0, 0.05) is 49.9 Å². The van der Waals surface area contributed by atoms with Crippen LogP contribution in [0.5, 0.6) is 0 Å². The van der Waals surface area contributed by atoms with Crippen molar-refractivity contribution in [1.82, 2.24) is 10.2 Å². The number of nitrogens with one attached hydrogen (secondary N) is 1. The fraction of sp³-hybridized carbons (Fsp3) is 0.474. The molecule has 0 spiro atoms. The van der Waals surface area contributed by atoms with Crippen molar-refractivity contribution in [1.29, 1.82) is 0 Å². The molecule has 0 radical (unpaired) electrons. The molecule has 0 bridgehead atoms. The first kappa shape index (κ1) is 20.1. The first-order valence-corrected chi connectivity index (χ1v) is 9.15. The van der Waals surface area contributed by atoms with Gasteiger partial charge in [-0.3, -0.25) is 24.1 Å². The smallest absolute Gasteiger partial charge is 0.229 e. The fourth-order valence-corrected chi connectivity index (χ4v) is 3.17. The number of rotatable bonds is 4. The summed E-state index contributed by atoms with van der Waals surface area (Å²) in [7, 11) is 0. The molecule has 0 unspecified atom stereocenters. The summed E-state index contributed by atoms with van der Waals surface area (Å²) in [6.07, 6.45) is 1.89. The predicted octanol–water partition coefficient (Wildman–Crippen LogP) is 2.52. The van der Waals surface area contributed by atoms with Crippen molar-refractivity contribution in [3.05, 3.63) is 34.3 Å². The summed E-state index contributed by atoms with van der Waals surface area (Å²) in [4.78, 5) is 49.4. The molecule has 1 aliphatic rings. The topological polar surface area (TPSA) is 83.6 Å². The quantitative estimate of drug-likeness (QED) is 0.816. The second-order valence-corrected chi connectivity index (χ2v) is 6.79. The van der Waals surface area contributed by atoms with E-state index >= 15 is 0 Å². The lowest BCUT2D eigenvalue weighted by Gasteiger charge is -2.22. The zero-order chi connectivity index (χ0) is 19.1. The number of halogens is 1. The number of imide groups is 1. The van der Waals surface area contributed by atoms with Crippen molar-refractivity contribution >= 4 is 35.1 Å². The molecule has 1 heterocycles. The molecule has 140 valence electrons. The third kappa shape index (κ3) is 5.66. The molecule has 0 atom stereocenters.